The summed E-state index contributed by atoms with van der Waals surface area (Å²) in [5.74, 6) is -1.00. The van der Waals surface area contributed by atoms with Gasteiger partial charge in [-0.05, 0) is 12.8 Å². The lowest BCUT2D eigenvalue weighted by molar-refractivity contribution is -0.156. The van der Waals surface area contributed by atoms with Gasteiger partial charge in [0.05, 0.1) is 5.92 Å². The fourth-order valence-corrected chi connectivity index (χ4v) is 1.45. The molecule has 1 amide bonds. The summed E-state index contributed by atoms with van der Waals surface area (Å²) >= 11 is 0. The van der Waals surface area contributed by atoms with Gasteiger partial charge in [0.2, 0.25) is 6.10 Å². The van der Waals surface area contributed by atoms with Crippen LogP contribution in [0.3, 0.4) is 0 Å². The van der Waals surface area contributed by atoms with E-state index in [0.29, 0.717) is 5.56 Å². The Labute approximate surface area is 93.4 Å². The summed E-state index contributed by atoms with van der Waals surface area (Å²) in [5, 5.41) is 0. The number of nitrogens with two attached hydrogens (primary N) is 1. The van der Waals surface area contributed by atoms with Crippen LogP contribution in [0.5, 0.6) is 0 Å². The Bertz CT molecular complexity index is 398. The first-order chi connectivity index (χ1) is 7.68. The van der Waals surface area contributed by atoms with E-state index in [1.54, 1.807) is 24.3 Å². The van der Waals surface area contributed by atoms with Crippen LogP contribution >= 0.6 is 0 Å². The smallest absolute Gasteiger partial charge is 0.310 e. The van der Waals surface area contributed by atoms with Gasteiger partial charge in [-0.3, -0.25) is 9.59 Å². The van der Waals surface area contributed by atoms with Gasteiger partial charge in [0.15, 0.2) is 0 Å². The molecule has 1 aliphatic rings. The third kappa shape index (κ3) is 2.39. The number of ether oxygens (including phenoxy) is 1. The number of carbonyl (C=O) groups excluding carboxylic acids is 2. The zero-order chi connectivity index (χ0) is 11.5. The SMILES string of the molecule is NC(=O)C(OC(=O)C1CC1)c1ccccc1. The van der Waals surface area contributed by atoms with Crippen LogP contribution in [0.25, 0.3) is 0 Å². The number of rotatable bonds is 4. The van der Waals surface area contributed by atoms with Gasteiger partial charge >= 0.3 is 5.97 Å². The molecule has 2 N–H and O–H groups in total. The number of amides is 1. The van der Waals surface area contributed by atoms with Crippen molar-refractivity contribution in [3.63, 3.8) is 0 Å². The van der Waals surface area contributed by atoms with Crippen molar-refractivity contribution < 1.29 is 14.3 Å². The molecule has 1 aromatic carbocycles. The molecule has 0 saturated heterocycles. The molecule has 1 saturated carbocycles. The Morgan fingerprint density at radius 3 is 2.38 bits per heavy atom. The molecule has 4 nitrogen and oxygen atoms in total. The van der Waals surface area contributed by atoms with Crippen molar-refractivity contribution >= 4 is 11.9 Å². The maximum atomic E-state index is 11.5. The molecule has 0 bridgehead atoms. The highest BCUT2D eigenvalue weighted by Gasteiger charge is 2.34. The fraction of sp³-hybridized carbons (Fsp3) is 0.333. The lowest BCUT2D eigenvalue weighted by Gasteiger charge is -2.14. The first-order valence-electron chi connectivity index (χ1n) is 5.23. The van der Waals surface area contributed by atoms with E-state index in [-0.39, 0.29) is 11.9 Å². The van der Waals surface area contributed by atoms with E-state index in [2.05, 4.69) is 0 Å². The average Bonchev–Trinajstić information content (AvgIpc) is 3.10. The number of primary amides is 1. The second-order valence-electron chi connectivity index (χ2n) is 3.90. The molecule has 0 aliphatic heterocycles. The van der Waals surface area contributed by atoms with Crippen molar-refractivity contribution in [3.8, 4) is 0 Å². The molecular formula is C12H13NO3. The molecule has 1 aromatic rings. The summed E-state index contributed by atoms with van der Waals surface area (Å²) in [4.78, 5) is 22.7. The Kier molecular flexibility index (Phi) is 2.90. The average molecular weight is 219 g/mol. The van der Waals surface area contributed by atoms with Gasteiger partial charge in [-0.25, -0.2) is 0 Å². The third-order valence-electron chi connectivity index (χ3n) is 2.51. The lowest BCUT2D eigenvalue weighted by Crippen LogP contribution is -2.26. The van der Waals surface area contributed by atoms with Gasteiger partial charge in [0.25, 0.3) is 5.91 Å². The van der Waals surface area contributed by atoms with Crippen LogP contribution in [-0.2, 0) is 14.3 Å². The topological polar surface area (TPSA) is 69.4 Å². The Hall–Kier alpha value is -1.84. The summed E-state index contributed by atoms with van der Waals surface area (Å²) < 4.78 is 5.11. The van der Waals surface area contributed by atoms with Gasteiger partial charge in [-0.15, -0.1) is 0 Å². The van der Waals surface area contributed by atoms with Crippen LogP contribution < -0.4 is 5.73 Å². The highest BCUT2D eigenvalue weighted by molar-refractivity contribution is 5.84. The van der Waals surface area contributed by atoms with Crippen LogP contribution in [0.2, 0.25) is 0 Å². The molecule has 2 rings (SSSR count). The molecule has 1 fully saturated rings. The molecular weight excluding hydrogens is 206 g/mol. The maximum absolute atomic E-state index is 11.5. The highest BCUT2D eigenvalue weighted by Crippen LogP contribution is 2.32. The van der Waals surface area contributed by atoms with Crippen LogP contribution in [0.4, 0.5) is 0 Å². The molecule has 16 heavy (non-hydrogen) atoms. The highest BCUT2D eigenvalue weighted by atomic mass is 16.5. The first-order valence-corrected chi connectivity index (χ1v) is 5.23. The second kappa shape index (κ2) is 4.35. The van der Waals surface area contributed by atoms with E-state index in [4.69, 9.17) is 10.5 Å². The summed E-state index contributed by atoms with van der Waals surface area (Å²) in [6, 6.07) is 8.81. The van der Waals surface area contributed by atoms with Crippen molar-refractivity contribution in [1.82, 2.24) is 0 Å². The van der Waals surface area contributed by atoms with E-state index >= 15 is 0 Å². The molecule has 0 heterocycles. The number of carbonyl (C=O) groups is 2. The minimum Gasteiger partial charge on any atom is -0.447 e. The zero-order valence-corrected chi connectivity index (χ0v) is 8.76. The van der Waals surface area contributed by atoms with Gasteiger partial charge in [0, 0.05) is 5.56 Å². The number of hydrogen-bond acceptors (Lipinski definition) is 3. The minimum absolute atomic E-state index is 0.0365. The van der Waals surface area contributed by atoms with Gasteiger partial charge in [0.1, 0.15) is 0 Å². The zero-order valence-electron chi connectivity index (χ0n) is 8.76. The van der Waals surface area contributed by atoms with Crippen molar-refractivity contribution in [2.24, 2.45) is 11.7 Å². The summed E-state index contributed by atoms with van der Waals surface area (Å²) in [6.07, 6.45) is 0.729. The van der Waals surface area contributed by atoms with Gasteiger partial charge in [-0.1, -0.05) is 30.3 Å². The van der Waals surface area contributed by atoms with Crippen molar-refractivity contribution in [2.75, 3.05) is 0 Å². The second-order valence-corrected chi connectivity index (χ2v) is 3.90. The monoisotopic (exact) mass is 219 g/mol. The lowest BCUT2D eigenvalue weighted by atomic mass is 10.1. The van der Waals surface area contributed by atoms with E-state index in [9.17, 15) is 9.59 Å². The third-order valence-corrected chi connectivity index (χ3v) is 2.51. The predicted molar refractivity (Wildman–Crippen MR) is 57.2 cm³/mol. The quantitative estimate of drug-likeness (QED) is 0.773. The summed E-state index contributed by atoms with van der Waals surface area (Å²) in [5.41, 5.74) is 5.84. The molecule has 1 unspecified atom stereocenters. The van der Waals surface area contributed by atoms with Crippen LogP contribution in [0.15, 0.2) is 30.3 Å². The normalized spacial score (nSPS) is 16.5. The van der Waals surface area contributed by atoms with E-state index in [0.717, 1.165) is 12.8 Å². The number of hydrogen-bond donors (Lipinski definition) is 1. The Morgan fingerprint density at radius 1 is 1.25 bits per heavy atom. The standard InChI is InChI=1S/C12H13NO3/c13-11(14)10(8-4-2-1-3-5-8)16-12(15)9-6-7-9/h1-5,9-10H,6-7H2,(H2,13,14). The largest absolute Gasteiger partial charge is 0.447 e. The van der Waals surface area contributed by atoms with Crippen LogP contribution in [0, 0.1) is 5.92 Å². The molecule has 0 radical (unpaired) electrons. The Morgan fingerprint density at radius 2 is 1.88 bits per heavy atom. The predicted octanol–water partition coefficient (Wildman–Crippen LogP) is 1.17. The molecule has 84 valence electrons. The van der Waals surface area contributed by atoms with E-state index in [1.165, 1.54) is 0 Å². The number of esters is 1. The summed E-state index contributed by atoms with van der Waals surface area (Å²) in [6.45, 7) is 0. The van der Waals surface area contributed by atoms with Gasteiger partial charge in [-0.2, -0.15) is 0 Å². The molecule has 0 spiro atoms. The number of benzene rings is 1. The van der Waals surface area contributed by atoms with Crippen molar-refractivity contribution in [1.29, 1.82) is 0 Å². The van der Waals surface area contributed by atoms with Crippen LogP contribution in [-0.4, -0.2) is 11.9 Å². The Balaban J connectivity index is 2.11. The minimum atomic E-state index is -0.964. The first kappa shape index (κ1) is 10.7. The summed E-state index contributed by atoms with van der Waals surface area (Å²) in [7, 11) is 0. The van der Waals surface area contributed by atoms with Crippen molar-refractivity contribution in [2.45, 2.75) is 18.9 Å². The molecule has 1 aliphatic carbocycles. The van der Waals surface area contributed by atoms with E-state index in [1.807, 2.05) is 6.07 Å². The van der Waals surface area contributed by atoms with E-state index < -0.39 is 12.0 Å². The van der Waals surface area contributed by atoms with Crippen LogP contribution in [0.1, 0.15) is 24.5 Å². The maximum Gasteiger partial charge on any atom is 0.310 e. The van der Waals surface area contributed by atoms with Crippen molar-refractivity contribution in [3.05, 3.63) is 35.9 Å². The van der Waals surface area contributed by atoms with Gasteiger partial charge < -0.3 is 10.5 Å². The molecule has 0 aromatic heterocycles. The molecule has 4 heteroatoms. The molecule has 1 atom stereocenters. The fourth-order valence-electron chi connectivity index (χ4n) is 1.45.